The van der Waals surface area contributed by atoms with Crippen molar-refractivity contribution in [3.8, 4) is 6.07 Å². The Bertz CT molecular complexity index is 588. The second-order valence-corrected chi connectivity index (χ2v) is 7.63. The van der Waals surface area contributed by atoms with E-state index < -0.39 is 5.60 Å². The molecule has 1 aromatic heterocycles. The summed E-state index contributed by atoms with van der Waals surface area (Å²) in [4.78, 5) is 20.9. The van der Waals surface area contributed by atoms with Crippen LogP contribution in [0.25, 0.3) is 0 Å². The van der Waals surface area contributed by atoms with E-state index in [1.165, 1.54) is 11.3 Å². The molecule has 2 heterocycles. The number of hydrogen-bond acceptors (Lipinski definition) is 6. The lowest BCUT2D eigenvalue weighted by molar-refractivity contribution is -0.0246. The Hall–Kier alpha value is -1.81. The Kier molecular flexibility index (Phi) is 7.03. The first kappa shape index (κ1) is 20.2. The zero-order chi connectivity index (χ0) is 18.5. The summed E-state index contributed by atoms with van der Waals surface area (Å²) in [6.45, 7) is 12.3. The average Bonchev–Trinajstić information content (AvgIpc) is 2.95. The van der Waals surface area contributed by atoms with Crippen molar-refractivity contribution in [2.45, 2.75) is 65.6 Å². The predicted molar refractivity (Wildman–Crippen MR) is 97.4 cm³/mol. The highest BCUT2D eigenvalue weighted by Crippen LogP contribution is 2.30. The number of likely N-dealkylation sites (tertiary alicyclic amines) is 1. The van der Waals surface area contributed by atoms with Gasteiger partial charge in [-0.1, -0.05) is 25.2 Å². The Balaban J connectivity index is 0.00000139. The van der Waals surface area contributed by atoms with Gasteiger partial charge in [0.2, 0.25) is 0 Å². The van der Waals surface area contributed by atoms with Crippen LogP contribution in [0.5, 0.6) is 0 Å². The number of aromatic nitrogens is 1. The fourth-order valence-corrected chi connectivity index (χ4v) is 3.22. The second kappa shape index (κ2) is 8.34. The van der Waals surface area contributed by atoms with Gasteiger partial charge in [0.25, 0.3) is 0 Å². The molecule has 0 aliphatic carbocycles. The van der Waals surface area contributed by atoms with Gasteiger partial charge in [-0.2, -0.15) is 5.26 Å². The molecule has 1 fully saturated rings. The van der Waals surface area contributed by atoms with Crippen molar-refractivity contribution < 1.29 is 9.53 Å². The van der Waals surface area contributed by atoms with Crippen molar-refractivity contribution in [2.24, 2.45) is 0 Å². The van der Waals surface area contributed by atoms with Crippen molar-refractivity contribution >= 4 is 22.6 Å². The number of hydrogen-bond donors (Lipinski definition) is 0. The number of nitriles is 1. The highest BCUT2D eigenvalue weighted by Gasteiger charge is 2.41. The maximum Gasteiger partial charge on any atom is 0.410 e. The zero-order valence-corrected chi connectivity index (χ0v) is 16.5. The molecule has 0 radical (unpaired) electrons. The lowest BCUT2D eigenvalue weighted by Crippen LogP contribution is -2.61. The Morgan fingerprint density at radius 1 is 1.54 bits per heavy atom. The molecule has 0 N–H and O–H groups in total. The molecule has 2 atom stereocenters. The third kappa shape index (κ3) is 5.10. The number of thiazole rings is 1. The number of nitrogens with zero attached hydrogens (tertiary/aromatic N) is 4. The molecular weight excluding hydrogens is 324 g/mol. The molecule has 2 unspecified atom stereocenters. The monoisotopic (exact) mass is 352 g/mol. The van der Waals surface area contributed by atoms with Crippen molar-refractivity contribution in [3.05, 3.63) is 11.1 Å². The Morgan fingerprint density at radius 2 is 2.17 bits per heavy atom. The van der Waals surface area contributed by atoms with Crippen LogP contribution in [0.4, 0.5) is 9.93 Å². The van der Waals surface area contributed by atoms with Crippen LogP contribution in [0.15, 0.2) is 6.20 Å². The van der Waals surface area contributed by atoms with E-state index in [1.54, 1.807) is 11.1 Å². The average molecular weight is 353 g/mol. The number of anilines is 1. The summed E-state index contributed by atoms with van der Waals surface area (Å²) in [6, 6.07) is 2.40. The third-order valence-electron chi connectivity index (χ3n) is 3.50. The molecule has 1 aliphatic heterocycles. The van der Waals surface area contributed by atoms with Gasteiger partial charge in [0.15, 0.2) is 5.13 Å². The minimum absolute atomic E-state index is 0.115. The van der Waals surface area contributed by atoms with Crippen molar-refractivity contribution in [1.29, 1.82) is 5.26 Å². The summed E-state index contributed by atoms with van der Waals surface area (Å²) in [5, 5.41) is 9.65. The van der Waals surface area contributed by atoms with Crippen LogP contribution < -0.4 is 4.90 Å². The van der Waals surface area contributed by atoms with Crippen LogP contribution in [-0.4, -0.2) is 47.3 Å². The first-order valence-corrected chi connectivity index (χ1v) is 9.11. The van der Waals surface area contributed by atoms with E-state index >= 15 is 0 Å². The van der Waals surface area contributed by atoms with E-state index in [-0.39, 0.29) is 18.2 Å². The summed E-state index contributed by atoms with van der Waals surface area (Å²) >= 11 is 1.36. The fraction of sp³-hybridized carbons (Fsp3) is 0.706. The van der Waals surface area contributed by atoms with Gasteiger partial charge in [-0.3, -0.25) is 0 Å². The largest absolute Gasteiger partial charge is 0.444 e. The molecule has 1 aliphatic rings. The number of ether oxygens (including phenoxy) is 1. The Morgan fingerprint density at radius 3 is 2.62 bits per heavy atom. The minimum atomic E-state index is -0.486. The van der Waals surface area contributed by atoms with Crippen molar-refractivity contribution in [3.63, 3.8) is 0 Å². The molecule has 6 nitrogen and oxygen atoms in total. The molecule has 1 saturated heterocycles. The molecule has 2 rings (SSSR count). The van der Waals surface area contributed by atoms with Gasteiger partial charge in [-0.15, -0.1) is 0 Å². The highest BCUT2D eigenvalue weighted by molar-refractivity contribution is 7.16. The molecule has 0 aromatic carbocycles. The number of rotatable bonds is 3. The van der Waals surface area contributed by atoms with Crippen molar-refractivity contribution in [1.82, 2.24) is 9.88 Å². The van der Waals surface area contributed by atoms with E-state index in [9.17, 15) is 4.79 Å². The van der Waals surface area contributed by atoms with Crippen LogP contribution in [-0.2, 0) is 4.74 Å². The molecule has 0 spiro atoms. The van der Waals surface area contributed by atoms with Gasteiger partial charge >= 0.3 is 6.09 Å². The number of likely N-dealkylation sites (N-methyl/N-ethyl adjacent to an activating group) is 1. The van der Waals surface area contributed by atoms with E-state index in [4.69, 9.17) is 10.00 Å². The van der Waals surface area contributed by atoms with Gasteiger partial charge < -0.3 is 14.5 Å². The third-order valence-corrected chi connectivity index (χ3v) is 4.52. The second-order valence-electron chi connectivity index (χ2n) is 6.63. The minimum Gasteiger partial charge on any atom is -0.444 e. The lowest BCUT2D eigenvalue weighted by atomic mass is 9.94. The van der Waals surface area contributed by atoms with Crippen LogP contribution in [0.3, 0.4) is 0 Å². The zero-order valence-electron chi connectivity index (χ0n) is 15.7. The van der Waals surface area contributed by atoms with E-state index in [0.29, 0.717) is 11.4 Å². The summed E-state index contributed by atoms with van der Waals surface area (Å²) in [5.41, 5.74) is -0.486. The fourth-order valence-electron chi connectivity index (χ4n) is 2.54. The molecule has 0 bridgehead atoms. The number of carbonyl (C=O) groups excluding carboxylic acids is 1. The first-order valence-electron chi connectivity index (χ1n) is 8.29. The van der Waals surface area contributed by atoms with Crippen LogP contribution in [0.1, 0.15) is 52.8 Å². The molecule has 1 amide bonds. The predicted octanol–water partition coefficient (Wildman–Crippen LogP) is 3.88. The molecule has 134 valence electrons. The van der Waals surface area contributed by atoms with Gasteiger partial charge in [-0.25, -0.2) is 9.78 Å². The number of carbonyl (C=O) groups is 1. The van der Waals surface area contributed by atoms with E-state index in [0.717, 1.165) is 11.6 Å². The van der Waals surface area contributed by atoms with Gasteiger partial charge in [0.05, 0.1) is 12.2 Å². The lowest BCUT2D eigenvalue weighted by Gasteiger charge is -2.48. The van der Waals surface area contributed by atoms with Crippen molar-refractivity contribution in [2.75, 3.05) is 18.5 Å². The standard InChI is InChI=1S/C15H22N4O2S.C2H6/c1-10-6-11(19(10)14(20)21-15(2,3)4)9-18(5)13-17-8-12(7-16)22-13;1-2/h8,10-11H,6,9H2,1-5H3;1-2H3. The van der Waals surface area contributed by atoms with Gasteiger partial charge in [0.1, 0.15) is 16.5 Å². The van der Waals surface area contributed by atoms with Crippen LogP contribution in [0.2, 0.25) is 0 Å². The van der Waals surface area contributed by atoms with Gasteiger partial charge in [-0.05, 0) is 34.1 Å². The normalized spacial score (nSPS) is 19.5. The van der Waals surface area contributed by atoms with Gasteiger partial charge in [0, 0.05) is 19.6 Å². The molecule has 7 heteroatoms. The maximum absolute atomic E-state index is 12.3. The molecule has 0 saturated carbocycles. The van der Waals surface area contributed by atoms with E-state index in [2.05, 4.69) is 11.1 Å². The SMILES string of the molecule is CC.CC1CC(CN(C)c2ncc(C#N)s2)N1C(=O)OC(C)(C)C. The molecule has 1 aromatic rings. The molecular formula is C17H28N4O2S. The smallest absolute Gasteiger partial charge is 0.410 e. The quantitative estimate of drug-likeness (QED) is 0.826. The summed E-state index contributed by atoms with van der Waals surface area (Å²) in [5.74, 6) is 0. The summed E-state index contributed by atoms with van der Waals surface area (Å²) < 4.78 is 5.46. The summed E-state index contributed by atoms with van der Waals surface area (Å²) in [7, 11) is 1.93. The van der Waals surface area contributed by atoms with Crippen LogP contribution in [0, 0.1) is 11.3 Å². The first-order chi connectivity index (χ1) is 11.2. The maximum atomic E-state index is 12.3. The number of amides is 1. The van der Waals surface area contributed by atoms with Crippen LogP contribution >= 0.6 is 11.3 Å². The topological polar surface area (TPSA) is 69.5 Å². The summed E-state index contributed by atoms with van der Waals surface area (Å²) in [6.07, 6.45) is 2.26. The highest BCUT2D eigenvalue weighted by atomic mass is 32.1. The Labute approximate surface area is 149 Å². The molecule has 24 heavy (non-hydrogen) atoms. The van der Waals surface area contributed by atoms with E-state index in [1.807, 2.05) is 53.5 Å².